The van der Waals surface area contributed by atoms with E-state index in [1.807, 2.05) is 4.90 Å². The third-order valence-electron chi connectivity index (χ3n) is 5.94. The highest BCUT2D eigenvalue weighted by Crippen LogP contribution is 2.32. The third kappa shape index (κ3) is 4.90. The summed E-state index contributed by atoms with van der Waals surface area (Å²) in [4.78, 5) is 52.5. The summed E-state index contributed by atoms with van der Waals surface area (Å²) in [6.07, 6.45) is 2.02. The zero-order valence-corrected chi connectivity index (χ0v) is 15.6. The van der Waals surface area contributed by atoms with Crippen molar-refractivity contribution in [1.29, 1.82) is 0 Å². The Bertz CT molecular complexity index is 611. The van der Waals surface area contributed by atoms with Crippen LogP contribution in [0.15, 0.2) is 0 Å². The topological polar surface area (TPSA) is 110 Å². The van der Waals surface area contributed by atoms with Crippen molar-refractivity contribution in [2.75, 3.05) is 45.8 Å². The normalized spacial score (nSPS) is 25.9. The van der Waals surface area contributed by atoms with Crippen molar-refractivity contribution in [3.05, 3.63) is 0 Å². The first-order chi connectivity index (χ1) is 12.9. The van der Waals surface area contributed by atoms with Crippen molar-refractivity contribution in [3.8, 4) is 0 Å². The van der Waals surface area contributed by atoms with Gasteiger partial charge < -0.3 is 25.1 Å². The summed E-state index contributed by atoms with van der Waals surface area (Å²) in [6.45, 7) is 4.29. The average molecular weight is 380 g/mol. The molecule has 3 rings (SSSR count). The van der Waals surface area contributed by atoms with E-state index in [1.165, 1.54) is 0 Å². The highest BCUT2D eigenvalue weighted by Gasteiger charge is 2.36. The van der Waals surface area contributed by atoms with Crippen LogP contribution in [0.2, 0.25) is 0 Å². The molecule has 3 fully saturated rings. The Morgan fingerprint density at radius 2 is 1.74 bits per heavy atom. The molecular weight excluding hydrogens is 352 g/mol. The highest BCUT2D eigenvalue weighted by molar-refractivity contribution is 5.81. The highest BCUT2D eigenvalue weighted by atomic mass is 16.4. The van der Waals surface area contributed by atoms with E-state index in [4.69, 9.17) is 5.11 Å². The Labute approximate surface area is 158 Å². The van der Waals surface area contributed by atoms with Crippen molar-refractivity contribution < 1.29 is 24.3 Å². The van der Waals surface area contributed by atoms with Gasteiger partial charge in [-0.1, -0.05) is 0 Å². The van der Waals surface area contributed by atoms with Gasteiger partial charge in [0.25, 0.3) is 0 Å². The molecule has 0 spiro atoms. The Morgan fingerprint density at radius 3 is 2.44 bits per heavy atom. The van der Waals surface area contributed by atoms with Crippen molar-refractivity contribution in [2.24, 2.45) is 11.8 Å². The summed E-state index contributed by atoms with van der Waals surface area (Å²) in [7, 11) is 0. The van der Waals surface area contributed by atoms with Gasteiger partial charge in [-0.05, 0) is 24.7 Å². The SMILES string of the molecule is O=C(O)CCC(=O)N1CCC2CC(=O)N(CCN3CCNC3=O)CCC2C1. The number of hydrogen-bond acceptors (Lipinski definition) is 4. The zero-order valence-electron chi connectivity index (χ0n) is 15.6. The maximum atomic E-state index is 12.6. The Kier molecular flexibility index (Phi) is 6.18. The van der Waals surface area contributed by atoms with Gasteiger partial charge in [0.15, 0.2) is 0 Å². The van der Waals surface area contributed by atoms with Crippen LogP contribution in [0.5, 0.6) is 0 Å². The quantitative estimate of drug-likeness (QED) is 0.672. The number of rotatable bonds is 6. The molecule has 9 heteroatoms. The second kappa shape index (κ2) is 8.58. The van der Waals surface area contributed by atoms with Crippen LogP contribution in [0.1, 0.15) is 32.1 Å². The average Bonchev–Trinajstić information content (AvgIpc) is 2.97. The number of aliphatic carboxylic acids is 1. The van der Waals surface area contributed by atoms with Gasteiger partial charge in [-0.3, -0.25) is 14.4 Å². The molecule has 2 atom stereocenters. The molecule has 9 nitrogen and oxygen atoms in total. The second-order valence-corrected chi connectivity index (χ2v) is 7.63. The molecule has 2 N–H and O–H groups in total. The van der Waals surface area contributed by atoms with Gasteiger partial charge in [0.2, 0.25) is 11.8 Å². The molecule has 3 aliphatic heterocycles. The fourth-order valence-corrected chi connectivity index (χ4v) is 4.28. The lowest BCUT2D eigenvalue weighted by atomic mass is 9.82. The molecule has 4 amide bonds. The van der Waals surface area contributed by atoms with Crippen molar-refractivity contribution in [1.82, 2.24) is 20.0 Å². The lowest BCUT2D eigenvalue weighted by Crippen LogP contribution is -2.44. The number of likely N-dealkylation sites (tertiary alicyclic amines) is 2. The molecule has 0 aliphatic carbocycles. The van der Waals surface area contributed by atoms with E-state index < -0.39 is 5.97 Å². The van der Waals surface area contributed by atoms with Crippen LogP contribution in [-0.2, 0) is 14.4 Å². The van der Waals surface area contributed by atoms with Gasteiger partial charge in [0.1, 0.15) is 0 Å². The van der Waals surface area contributed by atoms with E-state index in [-0.39, 0.29) is 42.5 Å². The number of carboxylic acid groups (broad SMARTS) is 1. The number of nitrogens with one attached hydrogen (secondary N) is 1. The number of carboxylic acids is 1. The number of carbonyl (C=O) groups excluding carboxylic acids is 3. The van der Waals surface area contributed by atoms with Crippen LogP contribution >= 0.6 is 0 Å². The molecule has 0 saturated carbocycles. The van der Waals surface area contributed by atoms with Crippen LogP contribution in [0.4, 0.5) is 4.79 Å². The van der Waals surface area contributed by atoms with E-state index in [2.05, 4.69) is 5.32 Å². The lowest BCUT2D eigenvalue weighted by molar-refractivity contribution is -0.142. The first-order valence-corrected chi connectivity index (χ1v) is 9.74. The zero-order chi connectivity index (χ0) is 19.4. The summed E-state index contributed by atoms with van der Waals surface area (Å²) < 4.78 is 0. The van der Waals surface area contributed by atoms with E-state index in [9.17, 15) is 19.2 Å². The molecule has 27 heavy (non-hydrogen) atoms. The van der Waals surface area contributed by atoms with Gasteiger partial charge in [-0.15, -0.1) is 0 Å². The Hall–Kier alpha value is -2.32. The van der Waals surface area contributed by atoms with Crippen molar-refractivity contribution in [2.45, 2.75) is 32.1 Å². The van der Waals surface area contributed by atoms with Crippen LogP contribution in [0.3, 0.4) is 0 Å². The van der Waals surface area contributed by atoms with Crippen molar-refractivity contribution in [3.63, 3.8) is 0 Å². The molecule has 0 aromatic carbocycles. The molecule has 3 saturated heterocycles. The first-order valence-electron chi connectivity index (χ1n) is 9.74. The second-order valence-electron chi connectivity index (χ2n) is 7.63. The summed E-state index contributed by atoms with van der Waals surface area (Å²) >= 11 is 0. The number of amides is 4. The molecule has 0 radical (unpaired) electrons. The van der Waals surface area contributed by atoms with Crippen LogP contribution in [0, 0.1) is 11.8 Å². The van der Waals surface area contributed by atoms with E-state index in [0.717, 1.165) is 12.8 Å². The molecule has 0 aromatic heterocycles. The van der Waals surface area contributed by atoms with Crippen molar-refractivity contribution >= 4 is 23.8 Å². The number of piperidine rings is 1. The van der Waals surface area contributed by atoms with Gasteiger partial charge in [-0.25, -0.2) is 4.79 Å². The largest absolute Gasteiger partial charge is 0.481 e. The molecule has 0 aromatic rings. The lowest BCUT2D eigenvalue weighted by Gasteiger charge is -2.37. The summed E-state index contributed by atoms with van der Waals surface area (Å²) in [6, 6.07) is -0.0681. The van der Waals surface area contributed by atoms with E-state index in [1.54, 1.807) is 9.80 Å². The summed E-state index contributed by atoms with van der Waals surface area (Å²) in [5.74, 6) is -0.380. The molecular formula is C18H28N4O5. The Morgan fingerprint density at radius 1 is 1.00 bits per heavy atom. The van der Waals surface area contributed by atoms with Gasteiger partial charge >= 0.3 is 12.0 Å². The van der Waals surface area contributed by atoms with Gasteiger partial charge in [-0.2, -0.15) is 0 Å². The number of urea groups is 1. The molecule has 3 aliphatic rings. The minimum atomic E-state index is -0.958. The van der Waals surface area contributed by atoms with Crippen LogP contribution in [0.25, 0.3) is 0 Å². The molecule has 150 valence electrons. The van der Waals surface area contributed by atoms with Gasteiger partial charge in [0, 0.05) is 58.7 Å². The number of carbonyl (C=O) groups is 4. The van der Waals surface area contributed by atoms with Crippen LogP contribution < -0.4 is 5.32 Å². The van der Waals surface area contributed by atoms with Gasteiger partial charge in [0.05, 0.1) is 6.42 Å². The standard InChI is InChI=1S/C18H28N4O5/c23-15(1-2-17(25)26)22-7-3-13-11-16(24)20(6-4-14(13)12-22)9-10-21-8-5-19-18(21)27/h13-14H,1-12H2,(H,19,27)(H,25,26). The fourth-order valence-electron chi connectivity index (χ4n) is 4.28. The monoisotopic (exact) mass is 380 g/mol. The number of nitrogens with zero attached hydrogens (tertiary/aromatic N) is 3. The maximum Gasteiger partial charge on any atom is 0.317 e. The number of fused-ring (bicyclic) bond motifs is 1. The molecule has 2 unspecified atom stereocenters. The fraction of sp³-hybridized carbons (Fsp3) is 0.778. The van der Waals surface area contributed by atoms with Crippen LogP contribution in [-0.4, -0.2) is 89.4 Å². The molecule has 3 heterocycles. The smallest absolute Gasteiger partial charge is 0.317 e. The number of hydrogen-bond donors (Lipinski definition) is 2. The maximum absolute atomic E-state index is 12.6. The third-order valence-corrected chi connectivity index (χ3v) is 5.94. The first kappa shape index (κ1) is 19.4. The van der Waals surface area contributed by atoms with E-state index in [0.29, 0.717) is 52.2 Å². The molecule has 0 bridgehead atoms. The summed E-state index contributed by atoms with van der Waals surface area (Å²) in [5, 5.41) is 11.5. The predicted molar refractivity (Wildman–Crippen MR) is 95.8 cm³/mol. The van der Waals surface area contributed by atoms with E-state index >= 15 is 0 Å². The Balaban J connectivity index is 1.51. The summed E-state index contributed by atoms with van der Waals surface area (Å²) in [5.41, 5.74) is 0. The predicted octanol–water partition coefficient (Wildman–Crippen LogP) is -0.0365. The minimum absolute atomic E-state index is 0.0374. The minimum Gasteiger partial charge on any atom is -0.481 e.